The van der Waals surface area contributed by atoms with Crippen molar-refractivity contribution in [1.29, 1.82) is 0 Å². The highest BCUT2D eigenvalue weighted by Crippen LogP contribution is 2.29. The van der Waals surface area contributed by atoms with Gasteiger partial charge in [0.15, 0.2) is 0 Å². The molecule has 0 bridgehead atoms. The number of ether oxygens (including phenoxy) is 1. The van der Waals surface area contributed by atoms with E-state index in [0.29, 0.717) is 6.61 Å². The van der Waals surface area contributed by atoms with E-state index in [0.717, 1.165) is 16.5 Å². The second kappa shape index (κ2) is 7.96. The molecule has 4 rings (SSSR count). The van der Waals surface area contributed by atoms with Gasteiger partial charge in [-0.2, -0.15) is 0 Å². The van der Waals surface area contributed by atoms with Crippen LogP contribution in [0.3, 0.4) is 0 Å². The van der Waals surface area contributed by atoms with Crippen LogP contribution in [0.4, 0.5) is 0 Å². The van der Waals surface area contributed by atoms with E-state index >= 15 is 0 Å². The largest absolute Gasteiger partial charge is 0.463 e. The Kier molecular flexibility index (Phi) is 5.22. The standard InChI is InChI=1S/C26H25NO2/c1-4-29-26(28)15-18(2)21-11-12-25-24(16-21)13-14-27(25)19(3)22-10-9-20-7-5-6-8-23(20)17-22/h5-17,19H,4H2,1-3H3/b18-15+. The second-order valence-electron chi connectivity index (χ2n) is 7.36. The topological polar surface area (TPSA) is 31.2 Å². The van der Waals surface area contributed by atoms with Crippen molar-refractivity contribution in [2.24, 2.45) is 0 Å². The molecule has 0 saturated heterocycles. The molecular weight excluding hydrogens is 358 g/mol. The summed E-state index contributed by atoms with van der Waals surface area (Å²) in [6.07, 6.45) is 3.69. The van der Waals surface area contributed by atoms with Crippen LogP contribution in [-0.2, 0) is 9.53 Å². The summed E-state index contributed by atoms with van der Waals surface area (Å²) < 4.78 is 7.32. The smallest absolute Gasteiger partial charge is 0.331 e. The van der Waals surface area contributed by atoms with Gasteiger partial charge in [-0.3, -0.25) is 0 Å². The quantitative estimate of drug-likeness (QED) is 0.296. The summed E-state index contributed by atoms with van der Waals surface area (Å²) in [6, 6.07) is 23.8. The van der Waals surface area contributed by atoms with Crippen molar-refractivity contribution in [2.75, 3.05) is 6.61 Å². The summed E-state index contributed by atoms with van der Waals surface area (Å²) >= 11 is 0. The number of benzene rings is 3. The fourth-order valence-corrected chi connectivity index (χ4v) is 3.82. The molecule has 3 aromatic carbocycles. The van der Waals surface area contributed by atoms with E-state index in [4.69, 9.17) is 4.74 Å². The van der Waals surface area contributed by atoms with Crippen LogP contribution in [0.2, 0.25) is 0 Å². The normalized spacial score (nSPS) is 13.0. The highest BCUT2D eigenvalue weighted by Gasteiger charge is 2.12. The van der Waals surface area contributed by atoms with Crippen LogP contribution in [-0.4, -0.2) is 17.1 Å². The molecule has 4 aromatic rings. The van der Waals surface area contributed by atoms with Crippen LogP contribution < -0.4 is 0 Å². The van der Waals surface area contributed by atoms with Crippen molar-refractivity contribution in [2.45, 2.75) is 26.8 Å². The molecule has 0 N–H and O–H groups in total. The molecule has 0 radical (unpaired) electrons. The average Bonchev–Trinajstić information content (AvgIpc) is 3.16. The Morgan fingerprint density at radius 3 is 2.59 bits per heavy atom. The minimum atomic E-state index is -0.299. The fourth-order valence-electron chi connectivity index (χ4n) is 3.82. The van der Waals surface area contributed by atoms with Crippen molar-refractivity contribution in [1.82, 2.24) is 4.57 Å². The third-order valence-electron chi connectivity index (χ3n) is 5.47. The maximum Gasteiger partial charge on any atom is 0.331 e. The Morgan fingerprint density at radius 2 is 1.79 bits per heavy atom. The van der Waals surface area contributed by atoms with Gasteiger partial charge in [-0.25, -0.2) is 4.79 Å². The van der Waals surface area contributed by atoms with Crippen molar-refractivity contribution in [3.63, 3.8) is 0 Å². The first kappa shape index (κ1) is 19.0. The lowest BCUT2D eigenvalue weighted by molar-refractivity contribution is -0.137. The number of hydrogen-bond donors (Lipinski definition) is 0. The number of carbonyl (C=O) groups is 1. The number of nitrogens with zero attached hydrogens (tertiary/aromatic N) is 1. The van der Waals surface area contributed by atoms with E-state index in [1.807, 2.05) is 13.8 Å². The van der Waals surface area contributed by atoms with Crippen LogP contribution in [0.1, 0.15) is 37.9 Å². The number of hydrogen-bond acceptors (Lipinski definition) is 2. The van der Waals surface area contributed by atoms with Crippen molar-refractivity contribution < 1.29 is 9.53 Å². The molecule has 0 aliphatic rings. The van der Waals surface area contributed by atoms with Crippen molar-refractivity contribution >= 4 is 33.2 Å². The third-order valence-corrected chi connectivity index (χ3v) is 5.47. The van der Waals surface area contributed by atoms with Gasteiger partial charge in [-0.15, -0.1) is 0 Å². The predicted molar refractivity (Wildman–Crippen MR) is 120 cm³/mol. The van der Waals surface area contributed by atoms with Crippen LogP contribution in [0.15, 0.2) is 79.0 Å². The zero-order chi connectivity index (χ0) is 20.4. The Morgan fingerprint density at radius 1 is 1.00 bits per heavy atom. The highest BCUT2D eigenvalue weighted by atomic mass is 16.5. The Labute approximate surface area is 171 Å². The number of aromatic nitrogens is 1. The zero-order valence-corrected chi connectivity index (χ0v) is 17.1. The number of carbonyl (C=O) groups excluding carboxylic acids is 1. The van der Waals surface area contributed by atoms with Gasteiger partial charge in [-0.1, -0.05) is 42.5 Å². The molecule has 0 fully saturated rings. The lowest BCUT2D eigenvalue weighted by Crippen LogP contribution is -2.05. The zero-order valence-electron chi connectivity index (χ0n) is 17.1. The van der Waals surface area contributed by atoms with E-state index in [2.05, 4.69) is 84.4 Å². The molecule has 0 saturated carbocycles. The molecule has 146 valence electrons. The number of rotatable bonds is 5. The summed E-state index contributed by atoms with van der Waals surface area (Å²) in [5.74, 6) is -0.299. The molecule has 3 nitrogen and oxygen atoms in total. The molecule has 3 heteroatoms. The molecule has 1 unspecified atom stereocenters. The second-order valence-corrected chi connectivity index (χ2v) is 7.36. The molecule has 1 aromatic heterocycles. The number of allylic oxidation sites excluding steroid dienone is 1. The summed E-state index contributed by atoms with van der Waals surface area (Å²) in [5, 5.41) is 3.68. The van der Waals surface area contributed by atoms with Gasteiger partial charge in [0.25, 0.3) is 0 Å². The van der Waals surface area contributed by atoms with Crippen LogP contribution >= 0.6 is 0 Å². The fraction of sp³-hybridized carbons (Fsp3) is 0.192. The van der Waals surface area contributed by atoms with Gasteiger partial charge in [0.2, 0.25) is 0 Å². The molecule has 0 aliphatic carbocycles. The lowest BCUT2D eigenvalue weighted by Gasteiger charge is -2.17. The van der Waals surface area contributed by atoms with E-state index < -0.39 is 0 Å². The maximum absolute atomic E-state index is 11.7. The van der Waals surface area contributed by atoms with Gasteiger partial charge in [0, 0.05) is 23.2 Å². The van der Waals surface area contributed by atoms with E-state index in [-0.39, 0.29) is 12.0 Å². The van der Waals surface area contributed by atoms with E-state index in [9.17, 15) is 4.79 Å². The number of esters is 1. The van der Waals surface area contributed by atoms with Crippen LogP contribution in [0, 0.1) is 0 Å². The highest BCUT2D eigenvalue weighted by molar-refractivity contribution is 5.93. The molecular formula is C26H25NO2. The maximum atomic E-state index is 11.7. The Bertz CT molecular complexity index is 1220. The SMILES string of the molecule is CCOC(=O)/C=C(\C)c1ccc2c(ccn2C(C)c2ccc3ccccc3c2)c1. The van der Waals surface area contributed by atoms with Crippen molar-refractivity contribution in [3.05, 3.63) is 90.1 Å². The molecule has 29 heavy (non-hydrogen) atoms. The molecule has 1 heterocycles. The van der Waals surface area contributed by atoms with Gasteiger partial charge in [-0.05, 0) is 72.5 Å². The van der Waals surface area contributed by atoms with E-state index in [1.54, 1.807) is 6.08 Å². The van der Waals surface area contributed by atoms with Gasteiger partial charge < -0.3 is 9.30 Å². The van der Waals surface area contributed by atoms with Gasteiger partial charge >= 0.3 is 5.97 Å². The first-order valence-corrected chi connectivity index (χ1v) is 10.0. The lowest BCUT2D eigenvalue weighted by atomic mass is 10.0. The number of fused-ring (bicyclic) bond motifs is 2. The van der Waals surface area contributed by atoms with Crippen molar-refractivity contribution in [3.8, 4) is 0 Å². The average molecular weight is 383 g/mol. The summed E-state index contributed by atoms with van der Waals surface area (Å²) in [7, 11) is 0. The minimum Gasteiger partial charge on any atom is -0.463 e. The van der Waals surface area contributed by atoms with Crippen LogP contribution in [0.25, 0.3) is 27.2 Å². The third kappa shape index (κ3) is 3.81. The monoisotopic (exact) mass is 383 g/mol. The summed E-state index contributed by atoms with van der Waals surface area (Å²) in [6.45, 7) is 6.36. The first-order valence-electron chi connectivity index (χ1n) is 10.0. The first-order chi connectivity index (χ1) is 14.1. The van der Waals surface area contributed by atoms with Crippen LogP contribution in [0.5, 0.6) is 0 Å². The molecule has 0 amide bonds. The van der Waals surface area contributed by atoms with Gasteiger partial charge in [0.1, 0.15) is 0 Å². The Hall–Kier alpha value is -3.33. The summed E-state index contributed by atoms with van der Waals surface area (Å²) in [4.78, 5) is 11.7. The van der Waals surface area contributed by atoms with E-state index in [1.165, 1.54) is 21.9 Å². The molecule has 1 atom stereocenters. The minimum absolute atomic E-state index is 0.221. The Balaban J connectivity index is 1.67. The molecule has 0 spiro atoms. The summed E-state index contributed by atoms with van der Waals surface area (Å²) in [5.41, 5.74) is 4.39. The molecule has 0 aliphatic heterocycles. The predicted octanol–water partition coefficient (Wildman–Crippen LogP) is 6.37. The van der Waals surface area contributed by atoms with Gasteiger partial charge in [0.05, 0.1) is 12.6 Å².